The summed E-state index contributed by atoms with van der Waals surface area (Å²) in [5.41, 5.74) is 0. The number of hydrogen-bond acceptors (Lipinski definition) is 2. The average molecular weight is 401 g/mol. The van der Waals surface area contributed by atoms with Gasteiger partial charge < -0.3 is 8.85 Å². The molecule has 27 heavy (non-hydrogen) atoms. The van der Waals surface area contributed by atoms with Gasteiger partial charge in [-0.05, 0) is 31.9 Å². The van der Waals surface area contributed by atoms with Gasteiger partial charge in [0.25, 0.3) is 0 Å². The van der Waals surface area contributed by atoms with Crippen molar-refractivity contribution in [3.8, 4) is 0 Å². The fourth-order valence-electron chi connectivity index (χ4n) is 3.37. The van der Waals surface area contributed by atoms with Crippen molar-refractivity contribution in [2.24, 2.45) is 5.92 Å². The SMILES string of the molecule is CCCCCCCCCCCCCCCCO[Si](C)(C)OCCC(C)CC. The quantitative estimate of drug-likeness (QED) is 0.142. The molecule has 0 aromatic heterocycles. The van der Waals surface area contributed by atoms with E-state index in [9.17, 15) is 0 Å². The molecule has 0 aliphatic carbocycles. The van der Waals surface area contributed by atoms with E-state index in [-0.39, 0.29) is 0 Å². The highest BCUT2D eigenvalue weighted by Gasteiger charge is 2.24. The minimum absolute atomic E-state index is 0.764. The number of hydrogen-bond donors (Lipinski definition) is 0. The van der Waals surface area contributed by atoms with Crippen molar-refractivity contribution in [2.45, 2.75) is 137 Å². The fourth-order valence-corrected chi connectivity index (χ4v) is 4.69. The molecule has 0 bridgehead atoms. The van der Waals surface area contributed by atoms with Crippen LogP contribution in [0.4, 0.5) is 0 Å². The molecule has 0 rings (SSSR count). The molecule has 0 saturated heterocycles. The van der Waals surface area contributed by atoms with Gasteiger partial charge in [0.05, 0.1) is 0 Å². The Hall–Kier alpha value is 0.137. The largest absolute Gasteiger partial charge is 0.395 e. The van der Waals surface area contributed by atoms with Crippen LogP contribution in [0.2, 0.25) is 13.1 Å². The third-order valence-corrected chi connectivity index (χ3v) is 7.50. The normalized spacial score (nSPS) is 13.2. The first-order valence-electron chi connectivity index (χ1n) is 12.3. The van der Waals surface area contributed by atoms with Gasteiger partial charge in [-0.3, -0.25) is 0 Å². The molecular formula is C24H52O2Si. The molecule has 0 N–H and O–H groups in total. The molecule has 0 heterocycles. The van der Waals surface area contributed by atoms with Crippen molar-refractivity contribution in [1.82, 2.24) is 0 Å². The predicted octanol–water partition coefficient (Wildman–Crippen LogP) is 8.64. The van der Waals surface area contributed by atoms with Crippen LogP contribution in [0.15, 0.2) is 0 Å². The van der Waals surface area contributed by atoms with Crippen molar-refractivity contribution in [3.05, 3.63) is 0 Å². The Morgan fingerprint density at radius 2 is 1.00 bits per heavy atom. The van der Waals surface area contributed by atoms with Crippen LogP contribution in [-0.2, 0) is 8.85 Å². The standard InChI is InChI=1S/C24H52O2Si/c1-6-8-9-10-11-12-13-14-15-16-17-18-19-20-22-25-27(4,5)26-23-21-24(3)7-2/h24H,6-23H2,1-5H3. The van der Waals surface area contributed by atoms with Gasteiger partial charge in [-0.25, -0.2) is 0 Å². The zero-order chi connectivity index (χ0) is 20.2. The first kappa shape index (κ1) is 27.1. The van der Waals surface area contributed by atoms with E-state index in [1.54, 1.807) is 0 Å². The molecule has 1 unspecified atom stereocenters. The lowest BCUT2D eigenvalue weighted by Gasteiger charge is -2.23. The van der Waals surface area contributed by atoms with Gasteiger partial charge in [0.15, 0.2) is 0 Å². The second-order valence-corrected chi connectivity index (χ2v) is 12.4. The Morgan fingerprint density at radius 1 is 0.593 bits per heavy atom. The summed E-state index contributed by atoms with van der Waals surface area (Å²) >= 11 is 0. The first-order chi connectivity index (χ1) is 13.0. The van der Waals surface area contributed by atoms with Crippen LogP contribution >= 0.6 is 0 Å². The molecular weight excluding hydrogens is 348 g/mol. The number of rotatable bonds is 21. The Bertz CT molecular complexity index is 294. The Kier molecular flexibility index (Phi) is 19.6. The van der Waals surface area contributed by atoms with Crippen LogP contribution in [0.25, 0.3) is 0 Å². The van der Waals surface area contributed by atoms with Crippen molar-refractivity contribution in [2.75, 3.05) is 13.2 Å². The molecule has 0 spiro atoms. The van der Waals surface area contributed by atoms with E-state index in [1.165, 1.54) is 96.3 Å². The Balaban J connectivity index is 3.27. The highest BCUT2D eigenvalue weighted by molar-refractivity contribution is 6.64. The lowest BCUT2D eigenvalue weighted by atomic mass is 10.0. The maximum Gasteiger partial charge on any atom is 0.331 e. The Morgan fingerprint density at radius 3 is 1.44 bits per heavy atom. The maximum atomic E-state index is 6.07. The van der Waals surface area contributed by atoms with E-state index in [0.717, 1.165) is 25.6 Å². The summed E-state index contributed by atoms with van der Waals surface area (Å²) in [7, 11) is -1.89. The zero-order valence-corrected chi connectivity index (χ0v) is 20.6. The van der Waals surface area contributed by atoms with E-state index in [4.69, 9.17) is 8.85 Å². The van der Waals surface area contributed by atoms with Crippen LogP contribution in [0.3, 0.4) is 0 Å². The average Bonchev–Trinajstić information content (AvgIpc) is 2.64. The highest BCUT2D eigenvalue weighted by atomic mass is 28.4. The third kappa shape index (κ3) is 20.7. The zero-order valence-electron chi connectivity index (χ0n) is 19.6. The summed E-state index contributed by atoms with van der Waals surface area (Å²) in [6, 6.07) is 0. The van der Waals surface area contributed by atoms with Gasteiger partial charge in [-0.1, -0.05) is 111 Å². The topological polar surface area (TPSA) is 18.5 Å². The summed E-state index contributed by atoms with van der Waals surface area (Å²) in [6.07, 6.45) is 22.1. The Labute approximate surface area is 173 Å². The van der Waals surface area contributed by atoms with E-state index in [2.05, 4.69) is 33.9 Å². The van der Waals surface area contributed by atoms with Gasteiger partial charge in [-0.2, -0.15) is 0 Å². The predicted molar refractivity (Wildman–Crippen MR) is 124 cm³/mol. The molecule has 0 amide bonds. The molecule has 0 aliphatic rings. The van der Waals surface area contributed by atoms with Crippen molar-refractivity contribution in [1.29, 1.82) is 0 Å². The summed E-state index contributed by atoms with van der Waals surface area (Å²) in [6.45, 7) is 13.0. The molecule has 0 aromatic rings. The molecule has 0 saturated carbocycles. The first-order valence-corrected chi connectivity index (χ1v) is 15.1. The molecule has 0 radical (unpaired) electrons. The van der Waals surface area contributed by atoms with Crippen molar-refractivity contribution in [3.63, 3.8) is 0 Å². The second kappa shape index (κ2) is 19.5. The maximum absolute atomic E-state index is 6.07. The lowest BCUT2D eigenvalue weighted by molar-refractivity contribution is 0.166. The third-order valence-electron chi connectivity index (χ3n) is 5.70. The van der Waals surface area contributed by atoms with Gasteiger partial charge >= 0.3 is 8.56 Å². The number of unbranched alkanes of at least 4 members (excludes halogenated alkanes) is 13. The van der Waals surface area contributed by atoms with E-state index in [0.29, 0.717) is 0 Å². The van der Waals surface area contributed by atoms with E-state index in [1.807, 2.05) is 0 Å². The monoisotopic (exact) mass is 400 g/mol. The van der Waals surface area contributed by atoms with Crippen molar-refractivity contribution < 1.29 is 8.85 Å². The van der Waals surface area contributed by atoms with Gasteiger partial charge in [-0.15, -0.1) is 0 Å². The summed E-state index contributed by atoms with van der Waals surface area (Å²) < 4.78 is 12.1. The van der Waals surface area contributed by atoms with Crippen LogP contribution in [0, 0.1) is 5.92 Å². The molecule has 0 aromatic carbocycles. The summed E-state index contributed by atoms with van der Waals surface area (Å²) in [5.74, 6) is 0.764. The minimum atomic E-state index is -1.89. The molecule has 0 fully saturated rings. The van der Waals surface area contributed by atoms with E-state index >= 15 is 0 Å². The molecule has 3 heteroatoms. The highest BCUT2D eigenvalue weighted by Crippen LogP contribution is 2.14. The summed E-state index contributed by atoms with van der Waals surface area (Å²) in [5, 5.41) is 0. The summed E-state index contributed by atoms with van der Waals surface area (Å²) in [4.78, 5) is 0. The second-order valence-electron chi connectivity index (χ2n) is 9.00. The fraction of sp³-hybridized carbons (Fsp3) is 1.00. The van der Waals surface area contributed by atoms with Crippen LogP contribution in [-0.4, -0.2) is 21.8 Å². The van der Waals surface area contributed by atoms with Gasteiger partial charge in [0.2, 0.25) is 0 Å². The lowest BCUT2D eigenvalue weighted by Crippen LogP contribution is -2.35. The molecule has 2 nitrogen and oxygen atoms in total. The minimum Gasteiger partial charge on any atom is -0.395 e. The van der Waals surface area contributed by atoms with Gasteiger partial charge in [0, 0.05) is 13.2 Å². The molecule has 164 valence electrons. The van der Waals surface area contributed by atoms with Crippen LogP contribution in [0.1, 0.15) is 124 Å². The molecule has 1 atom stereocenters. The van der Waals surface area contributed by atoms with Crippen molar-refractivity contribution >= 4 is 8.56 Å². The van der Waals surface area contributed by atoms with Crippen LogP contribution < -0.4 is 0 Å². The smallest absolute Gasteiger partial charge is 0.331 e. The van der Waals surface area contributed by atoms with Crippen LogP contribution in [0.5, 0.6) is 0 Å². The van der Waals surface area contributed by atoms with Gasteiger partial charge in [0.1, 0.15) is 0 Å². The molecule has 0 aliphatic heterocycles. The van der Waals surface area contributed by atoms with E-state index < -0.39 is 8.56 Å².